The standard InChI is InChI=1S/C16H18F3NO/c17-16(18,19)14-3-1-2-12(8-14)15(21)20-9-13-7-10-4-5-11(13)6-10/h1-3,8,10-11,13H,4-7,9H2,(H,20,21)/t10-,11-,13+/m1/s1. The van der Waals surface area contributed by atoms with Crippen molar-refractivity contribution >= 4 is 5.91 Å². The van der Waals surface area contributed by atoms with Gasteiger partial charge in [-0.3, -0.25) is 4.79 Å². The molecule has 2 saturated carbocycles. The van der Waals surface area contributed by atoms with Gasteiger partial charge in [-0.15, -0.1) is 0 Å². The highest BCUT2D eigenvalue weighted by atomic mass is 19.4. The molecular weight excluding hydrogens is 279 g/mol. The summed E-state index contributed by atoms with van der Waals surface area (Å²) in [5, 5.41) is 2.80. The molecule has 1 N–H and O–H groups in total. The lowest BCUT2D eigenvalue weighted by Crippen LogP contribution is -2.31. The van der Waals surface area contributed by atoms with Crippen LogP contribution >= 0.6 is 0 Å². The summed E-state index contributed by atoms with van der Waals surface area (Å²) in [7, 11) is 0. The van der Waals surface area contributed by atoms with Gasteiger partial charge in [0.05, 0.1) is 5.56 Å². The minimum Gasteiger partial charge on any atom is -0.352 e. The smallest absolute Gasteiger partial charge is 0.352 e. The van der Waals surface area contributed by atoms with Crippen LogP contribution in [0, 0.1) is 17.8 Å². The van der Waals surface area contributed by atoms with Gasteiger partial charge >= 0.3 is 6.18 Å². The summed E-state index contributed by atoms with van der Waals surface area (Å²) in [6.07, 6.45) is 0.510. The van der Waals surface area contributed by atoms with Crippen molar-refractivity contribution < 1.29 is 18.0 Å². The number of fused-ring (bicyclic) bond motifs is 2. The van der Waals surface area contributed by atoms with Crippen LogP contribution in [-0.2, 0) is 6.18 Å². The van der Waals surface area contributed by atoms with Gasteiger partial charge in [0.2, 0.25) is 0 Å². The van der Waals surface area contributed by atoms with Crippen molar-refractivity contribution in [2.24, 2.45) is 17.8 Å². The van der Waals surface area contributed by atoms with Gasteiger partial charge in [-0.2, -0.15) is 13.2 Å². The lowest BCUT2D eigenvalue weighted by molar-refractivity contribution is -0.137. The van der Waals surface area contributed by atoms with Crippen LogP contribution in [0.1, 0.15) is 41.6 Å². The summed E-state index contributed by atoms with van der Waals surface area (Å²) in [5.41, 5.74) is -0.706. The maximum Gasteiger partial charge on any atom is 0.416 e. The van der Waals surface area contributed by atoms with Crippen LogP contribution in [0.3, 0.4) is 0 Å². The van der Waals surface area contributed by atoms with Crippen molar-refractivity contribution in [2.45, 2.75) is 31.9 Å². The van der Waals surface area contributed by atoms with E-state index in [1.165, 1.54) is 31.4 Å². The molecule has 0 saturated heterocycles. The van der Waals surface area contributed by atoms with E-state index in [-0.39, 0.29) is 5.56 Å². The van der Waals surface area contributed by atoms with Gasteiger partial charge in [-0.1, -0.05) is 12.5 Å². The first kappa shape index (κ1) is 14.4. The monoisotopic (exact) mass is 297 g/mol. The Morgan fingerprint density at radius 1 is 1.24 bits per heavy atom. The molecule has 0 aliphatic heterocycles. The summed E-state index contributed by atoms with van der Waals surface area (Å²) in [4.78, 5) is 12.0. The third-order valence-corrected chi connectivity index (χ3v) is 4.86. The lowest BCUT2D eigenvalue weighted by Gasteiger charge is -2.21. The molecule has 2 aliphatic rings. The molecule has 0 heterocycles. The van der Waals surface area contributed by atoms with Crippen molar-refractivity contribution in [2.75, 3.05) is 6.54 Å². The number of hydrogen-bond acceptors (Lipinski definition) is 1. The van der Waals surface area contributed by atoms with Crippen molar-refractivity contribution in [3.63, 3.8) is 0 Å². The van der Waals surface area contributed by atoms with E-state index in [1.807, 2.05) is 0 Å². The van der Waals surface area contributed by atoms with Gasteiger partial charge in [0.15, 0.2) is 0 Å². The quantitative estimate of drug-likeness (QED) is 0.901. The van der Waals surface area contributed by atoms with Crippen molar-refractivity contribution in [3.05, 3.63) is 35.4 Å². The zero-order chi connectivity index (χ0) is 15.0. The minimum atomic E-state index is -4.42. The zero-order valence-electron chi connectivity index (χ0n) is 11.6. The Balaban J connectivity index is 1.60. The van der Waals surface area contributed by atoms with E-state index in [4.69, 9.17) is 0 Å². The van der Waals surface area contributed by atoms with Gasteiger partial charge in [0, 0.05) is 12.1 Å². The van der Waals surface area contributed by atoms with Crippen LogP contribution in [0.15, 0.2) is 24.3 Å². The molecule has 2 fully saturated rings. The summed E-state index contributed by atoms with van der Waals surface area (Å²) in [6, 6.07) is 4.59. The maximum atomic E-state index is 12.6. The lowest BCUT2D eigenvalue weighted by atomic mass is 9.89. The Hall–Kier alpha value is -1.52. The maximum absolute atomic E-state index is 12.6. The van der Waals surface area contributed by atoms with E-state index < -0.39 is 17.6 Å². The van der Waals surface area contributed by atoms with Gasteiger partial charge in [-0.05, 0) is 55.2 Å². The molecule has 3 atom stereocenters. The third-order valence-electron chi connectivity index (χ3n) is 4.86. The Morgan fingerprint density at radius 2 is 2.05 bits per heavy atom. The first-order chi connectivity index (χ1) is 9.93. The number of halogens is 3. The van der Waals surface area contributed by atoms with E-state index in [9.17, 15) is 18.0 Å². The Bertz CT molecular complexity index is 541. The number of benzene rings is 1. The van der Waals surface area contributed by atoms with E-state index in [1.54, 1.807) is 0 Å². The molecule has 0 radical (unpaired) electrons. The molecule has 2 nitrogen and oxygen atoms in total. The predicted molar refractivity (Wildman–Crippen MR) is 72.7 cm³/mol. The topological polar surface area (TPSA) is 29.1 Å². The largest absolute Gasteiger partial charge is 0.416 e. The fourth-order valence-corrected chi connectivity index (χ4v) is 3.79. The third kappa shape index (κ3) is 3.06. The molecule has 0 aromatic heterocycles. The van der Waals surface area contributed by atoms with E-state index in [2.05, 4.69) is 5.32 Å². The van der Waals surface area contributed by atoms with Crippen LogP contribution in [0.2, 0.25) is 0 Å². The van der Waals surface area contributed by atoms with E-state index in [0.717, 1.165) is 24.5 Å². The number of alkyl halides is 3. The Morgan fingerprint density at radius 3 is 2.67 bits per heavy atom. The molecule has 1 amide bonds. The highest BCUT2D eigenvalue weighted by Gasteiger charge is 2.39. The van der Waals surface area contributed by atoms with Gasteiger partial charge in [0.1, 0.15) is 0 Å². The van der Waals surface area contributed by atoms with Gasteiger partial charge in [-0.25, -0.2) is 0 Å². The summed E-state index contributed by atoms with van der Waals surface area (Å²) < 4.78 is 37.9. The number of hydrogen-bond donors (Lipinski definition) is 1. The first-order valence-corrected chi connectivity index (χ1v) is 7.39. The van der Waals surface area contributed by atoms with Crippen molar-refractivity contribution in [3.8, 4) is 0 Å². The molecule has 2 bridgehead atoms. The average Bonchev–Trinajstić information content (AvgIpc) is 3.06. The fourth-order valence-electron chi connectivity index (χ4n) is 3.79. The zero-order valence-corrected chi connectivity index (χ0v) is 11.6. The predicted octanol–water partition coefficient (Wildman–Crippen LogP) is 3.87. The second-order valence-electron chi connectivity index (χ2n) is 6.22. The van der Waals surface area contributed by atoms with Gasteiger partial charge < -0.3 is 5.32 Å². The molecule has 0 unspecified atom stereocenters. The average molecular weight is 297 g/mol. The van der Waals surface area contributed by atoms with Crippen LogP contribution in [-0.4, -0.2) is 12.5 Å². The molecule has 1 aromatic rings. The number of amides is 1. The van der Waals surface area contributed by atoms with Crippen LogP contribution in [0.4, 0.5) is 13.2 Å². The normalized spacial score (nSPS) is 27.9. The molecule has 5 heteroatoms. The number of nitrogens with one attached hydrogen (secondary N) is 1. The molecule has 1 aromatic carbocycles. The molecule has 0 spiro atoms. The van der Waals surface area contributed by atoms with Gasteiger partial charge in [0.25, 0.3) is 5.91 Å². The summed E-state index contributed by atoms with van der Waals surface area (Å²) in [6.45, 7) is 0.580. The number of carbonyl (C=O) groups is 1. The SMILES string of the molecule is O=C(NC[C@@H]1C[C@@H]2CC[C@@H]1C2)c1cccc(C(F)(F)F)c1. The Labute approximate surface area is 121 Å². The van der Waals surface area contributed by atoms with Crippen molar-refractivity contribution in [1.82, 2.24) is 5.32 Å². The molecular formula is C16H18F3NO. The highest BCUT2D eigenvalue weighted by molar-refractivity contribution is 5.94. The van der Waals surface area contributed by atoms with Crippen LogP contribution in [0.25, 0.3) is 0 Å². The van der Waals surface area contributed by atoms with Crippen molar-refractivity contribution in [1.29, 1.82) is 0 Å². The highest BCUT2D eigenvalue weighted by Crippen LogP contribution is 2.47. The van der Waals surface area contributed by atoms with Crippen LogP contribution in [0.5, 0.6) is 0 Å². The first-order valence-electron chi connectivity index (χ1n) is 7.39. The molecule has 3 rings (SSSR count). The molecule has 114 valence electrons. The summed E-state index contributed by atoms with van der Waals surface area (Å²) in [5.74, 6) is 1.57. The van der Waals surface area contributed by atoms with E-state index >= 15 is 0 Å². The molecule has 21 heavy (non-hydrogen) atoms. The second kappa shape index (κ2) is 5.35. The fraction of sp³-hybridized carbons (Fsp3) is 0.562. The minimum absolute atomic E-state index is 0.0768. The van der Waals surface area contributed by atoms with E-state index in [0.29, 0.717) is 18.4 Å². The Kier molecular flexibility index (Phi) is 3.68. The molecule has 2 aliphatic carbocycles. The number of rotatable bonds is 3. The summed E-state index contributed by atoms with van der Waals surface area (Å²) >= 11 is 0. The number of carbonyl (C=O) groups excluding carboxylic acids is 1. The second-order valence-corrected chi connectivity index (χ2v) is 6.22. The van der Waals surface area contributed by atoms with Crippen LogP contribution < -0.4 is 5.32 Å².